The van der Waals surface area contributed by atoms with Crippen molar-refractivity contribution in [2.75, 3.05) is 26.1 Å². The van der Waals surface area contributed by atoms with Crippen molar-refractivity contribution in [2.24, 2.45) is 0 Å². The molecule has 2 aromatic heterocycles. The molecule has 0 bridgehead atoms. The quantitative estimate of drug-likeness (QED) is 0.632. The molecule has 3 N–H and O–H groups in total. The van der Waals surface area contributed by atoms with Crippen LogP contribution in [0.1, 0.15) is 28.5 Å². The van der Waals surface area contributed by atoms with Crippen LogP contribution < -0.4 is 15.2 Å². The molecule has 152 valence electrons. The maximum Gasteiger partial charge on any atom is 0.356 e. The molecule has 0 radical (unpaired) electrons. The number of methoxy groups -OCH3 is 1. The number of pyridine rings is 1. The third-order valence-electron chi connectivity index (χ3n) is 4.91. The minimum Gasteiger partial charge on any atom is -0.486 e. The number of nitrogens with two attached hydrogens (primary N) is 1. The average molecular weight is 405 g/mol. The highest BCUT2D eigenvalue weighted by Gasteiger charge is 2.26. The smallest absolute Gasteiger partial charge is 0.356 e. The summed E-state index contributed by atoms with van der Waals surface area (Å²) in [7, 11) is 1.28. The van der Waals surface area contributed by atoms with Crippen molar-refractivity contribution in [1.82, 2.24) is 15.2 Å². The molecule has 1 aromatic carbocycles. The molecule has 4 rings (SSSR count). The topological polar surface area (TPSA) is 136 Å². The Morgan fingerprint density at radius 3 is 2.80 bits per heavy atom. The van der Waals surface area contributed by atoms with Crippen molar-refractivity contribution < 1.29 is 19.0 Å². The van der Waals surface area contributed by atoms with E-state index in [0.29, 0.717) is 48.0 Å². The lowest BCUT2D eigenvalue weighted by atomic mass is 9.90. The van der Waals surface area contributed by atoms with Crippen LogP contribution in [0.3, 0.4) is 0 Å². The molecule has 0 aliphatic carbocycles. The van der Waals surface area contributed by atoms with E-state index in [1.54, 1.807) is 0 Å². The van der Waals surface area contributed by atoms with E-state index in [9.17, 15) is 10.1 Å². The maximum atomic E-state index is 12.2. The molecular formula is C21H19N5O4. The molecule has 0 fully saturated rings. The Morgan fingerprint density at radius 1 is 1.33 bits per heavy atom. The van der Waals surface area contributed by atoms with Crippen LogP contribution in [0.15, 0.2) is 24.4 Å². The van der Waals surface area contributed by atoms with Gasteiger partial charge < -0.3 is 19.9 Å². The van der Waals surface area contributed by atoms with Crippen molar-refractivity contribution in [3.8, 4) is 40.0 Å². The van der Waals surface area contributed by atoms with Gasteiger partial charge in [0, 0.05) is 16.7 Å². The molecule has 1 aliphatic heterocycles. The van der Waals surface area contributed by atoms with E-state index in [2.05, 4.69) is 21.3 Å². The highest BCUT2D eigenvalue weighted by molar-refractivity contribution is 5.98. The second-order valence-electron chi connectivity index (χ2n) is 6.55. The summed E-state index contributed by atoms with van der Waals surface area (Å²) in [6.07, 6.45) is 2.02. The zero-order chi connectivity index (χ0) is 21.3. The summed E-state index contributed by atoms with van der Waals surface area (Å²) in [4.78, 5) is 16.7. The Labute approximate surface area is 172 Å². The fourth-order valence-electron chi connectivity index (χ4n) is 3.56. The van der Waals surface area contributed by atoms with Gasteiger partial charge in [-0.2, -0.15) is 10.4 Å². The average Bonchev–Trinajstić information content (AvgIpc) is 3.27. The van der Waals surface area contributed by atoms with Gasteiger partial charge in [-0.3, -0.25) is 5.10 Å². The Morgan fingerprint density at radius 2 is 2.10 bits per heavy atom. The lowest BCUT2D eigenvalue weighted by molar-refractivity contribution is 0.0595. The third-order valence-corrected chi connectivity index (χ3v) is 4.91. The number of nitrogens with zero attached hydrogens (tertiary/aromatic N) is 3. The summed E-state index contributed by atoms with van der Waals surface area (Å²) < 4.78 is 16.1. The van der Waals surface area contributed by atoms with E-state index in [1.165, 1.54) is 13.3 Å². The van der Waals surface area contributed by atoms with Crippen LogP contribution in [0.2, 0.25) is 0 Å². The number of carbonyl (C=O) groups is 1. The molecule has 0 saturated carbocycles. The molecule has 3 heterocycles. The Balaban J connectivity index is 1.98. The number of nitriles is 1. The Bertz CT molecular complexity index is 1180. The van der Waals surface area contributed by atoms with Gasteiger partial charge in [-0.15, -0.1) is 0 Å². The summed E-state index contributed by atoms with van der Waals surface area (Å²) in [6.45, 7) is 2.90. The molecule has 30 heavy (non-hydrogen) atoms. The molecule has 0 saturated heterocycles. The minimum absolute atomic E-state index is 0.0617. The molecule has 0 spiro atoms. The number of aromatic amines is 1. The summed E-state index contributed by atoms with van der Waals surface area (Å²) in [5, 5.41) is 16.4. The summed E-state index contributed by atoms with van der Waals surface area (Å²) in [6, 6.07) is 7.63. The van der Waals surface area contributed by atoms with Crippen LogP contribution >= 0.6 is 0 Å². The maximum absolute atomic E-state index is 12.2. The van der Waals surface area contributed by atoms with Gasteiger partial charge in [0.1, 0.15) is 30.7 Å². The van der Waals surface area contributed by atoms with Gasteiger partial charge in [0.2, 0.25) is 0 Å². The summed E-state index contributed by atoms with van der Waals surface area (Å²) >= 11 is 0. The van der Waals surface area contributed by atoms with E-state index in [4.69, 9.17) is 19.9 Å². The number of anilines is 1. The van der Waals surface area contributed by atoms with E-state index < -0.39 is 5.97 Å². The molecule has 0 atom stereocenters. The number of hydrogen-bond acceptors (Lipinski definition) is 8. The number of carbonyl (C=O) groups excluding carboxylic acids is 1. The van der Waals surface area contributed by atoms with Gasteiger partial charge in [-0.1, -0.05) is 6.92 Å². The minimum atomic E-state index is -0.593. The fourth-order valence-corrected chi connectivity index (χ4v) is 3.56. The molecule has 0 amide bonds. The lowest BCUT2D eigenvalue weighted by Gasteiger charge is -2.20. The number of nitrogen functional groups attached to an aromatic ring is 1. The number of rotatable bonds is 4. The fraction of sp³-hybridized carbons (Fsp3) is 0.238. The zero-order valence-electron chi connectivity index (χ0n) is 16.5. The molecule has 9 nitrogen and oxygen atoms in total. The van der Waals surface area contributed by atoms with Crippen LogP contribution in [0, 0.1) is 11.3 Å². The van der Waals surface area contributed by atoms with Gasteiger partial charge in [-0.25, -0.2) is 9.78 Å². The molecule has 0 unspecified atom stereocenters. The number of fused-ring (bicyclic) bond motifs is 1. The first-order chi connectivity index (χ1) is 14.6. The van der Waals surface area contributed by atoms with Gasteiger partial charge >= 0.3 is 5.97 Å². The van der Waals surface area contributed by atoms with Crippen LogP contribution in [0.25, 0.3) is 22.4 Å². The Kier molecular flexibility index (Phi) is 4.98. The monoisotopic (exact) mass is 405 g/mol. The number of nitrogens with one attached hydrogen (secondary N) is 1. The zero-order valence-corrected chi connectivity index (χ0v) is 16.5. The predicted molar refractivity (Wildman–Crippen MR) is 108 cm³/mol. The van der Waals surface area contributed by atoms with Gasteiger partial charge in [0.05, 0.1) is 19.0 Å². The molecular weight excluding hydrogens is 386 g/mol. The molecule has 9 heteroatoms. The van der Waals surface area contributed by atoms with E-state index >= 15 is 0 Å². The van der Waals surface area contributed by atoms with E-state index in [-0.39, 0.29) is 17.1 Å². The highest BCUT2D eigenvalue weighted by Crippen LogP contribution is 2.40. The number of ether oxygens (including phenoxy) is 3. The lowest BCUT2D eigenvalue weighted by Crippen LogP contribution is -2.15. The van der Waals surface area contributed by atoms with Crippen molar-refractivity contribution >= 4 is 11.8 Å². The van der Waals surface area contributed by atoms with E-state index in [0.717, 1.165) is 11.1 Å². The number of aromatic nitrogens is 3. The van der Waals surface area contributed by atoms with E-state index in [1.807, 2.05) is 25.1 Å². The first-order valence-corrected chi connectivity index (χ1v) is 9.33. The SMILES string of the molecule is CCc1c(-c2ccc3c(c2)OCCO3)nc(N)c(C#N)c1-c1cn[nH]c1C(=O)OC. The van der Waals surface area contributed by atoms with Gasteiger partial charge in [0.15, 0.2) is 17.2 Å². The standard InChI is InChI=1S/C21H19N5O4/c1-3-12-17(14-10-24-26-19(14)21(27)28-2)13(9-22)20(23)25-18(12)11-4-5-15-16(8-11)30-7-6-29-15/h4-5,8,10H,3,6-7H2,1-2H3,(H2,23,25)(H,24,26). The number of hydrogen-bond donors (Lipinski definition) is 2. The van der Waals surface area contributed by atoms with Crippen LogP contribution in [-0.2, 0) is 11.2 Å². The second kappa shape index (κ2) is 7.75. The van der Waals surface area contributed by atoms with Crippen LogP contribution in [-0.4, -0.2) is 41.5 Å². The molecule has 1 aliphatic rings. The highest BCUT2D eigenvalue weighted by atomic mass is 16.6. The van der Waals surface area contributed by atoms with Crippen molar-refractivity contribution in [1.29, 1.82) is 5.26 Å². The third kappa shape index (κ3) is 3.08. The van der Waals surface area contributed by atoms with Crippen molar-refractivity contribution in [2.45, 2.75) is 13.3 Å². The molecule has 3 aromatic rings. The summed E-state index contributed by atoms with van der Waals surface area (Å²) in [5.41, 5.74) is 9.53. The van der Waals surface area contributed by atoms with Crippen molar-refractivity contribution in [3.63, 3.8) is 0 Å². The van der Waals surface area contributed by atoms with Crippen LogP contribution in [0.4, 0.5) is 5.82 Å². The first kappa shape index (κ1) is 19.3. The summed E-state index contributed by atoms with van der Waals surface area (Å²) in [5.74, 6) is 0.745. The van der Waals surface area contributed by atoms with Crippen LogP contribution in [0.5, 0.6) is 11.5 Å². The van der Waals surface area contributed by atoms with Gasteiger partial charge in [-0.05, 0) is 30.2 Å². The Hall–Kier alpha value is -4.06. The largest absolute Gasteiger partial charge is 0.486 e. The van der Waals surface area contributed by atoms with Gasteiger partial charge in [0.25, 0.3) is 0 Å². The normalized spacial score (nSPS) is 12.3. The number of H-pyrrole nitrogens is 1. The predicted octanol–water partition coefficient (Wildman–Crippen LogP) is 2.71. The first-order valence-electron chi connectivity index (χ1n) is 9.33. The second-order valence-corrected chi connectivity index (χ2v) is 6.55. The number of benzene rings is 1. The number of esters is 1. The van der Waals surface area contributed by atoms with Crippen molar-refractivity contribution in [3.05, 3.63) is 41.2 Å².